The lowest BCUT2D eigenvalue weighted by Crippen LogP contribution is -1.86. The van der Waals surface area contributed by atoms with Crippen LogP contribution in [0.2, 0.25) is 0 Å². The Morgan fingerprint density at radius 2 is 1.94 bits per heavy atom. The number of hydrogen-bond donors (Lipinski definition) is 1. The third-order valence-corrected chi connectivity index (χ3v) is 3.93. The van der Waals surface area contributed by atoms with Crippen molar-refractivity contribution >= 4 is 17.0 Å². The fraction of sp³-hybridized carbons (Fsp3) is 0.308. The second-order valence-electron chi connectivity index (χ2n) is 3.70. The summed E-state index contributed by atoms with van der Waals surface area (Å²) in [5.74, 6) is 0. The van der Waals surface area contributed by atoms with E-state index in [0.29, 0.717) is 0 Å². The first kappa shape index (κ1) is 11.1. The van der Waals surface area contributed by atoms with Crippen LogP contribution in [0.3, 0.4) is 0 Å². The second kappa shape index (κ2) is 4.66. The molecule has 1 aromatic carbocycles. The molecule has 0 saturated heterocycles. The smallest absolute Gasteiger partial charge is 0.0931 e. The maximum atomic E-state index is 4.55. The molecule has 0 radical (unpaired) electrons. The van der Waals surface area contributed by atoms with Gasteiger partial charge in [0, 0.05) is 12.7 Å². The molecule has 2 nitrogen and oxygen atoms in total. The Kier molecular flexibility index (Phi) is 3.25. The molecule has 1 N–H and O–H groups in total. The van der Waals surface area contributed by atoms with Gasteiger partial charge in [0.15, 0.2) is 0 Å². The summed E-state index contributed by atoms with van der Waals surface area (Å²) in [6.07, 6.45) is 1.01. The average Bonchev–Trinajstić information content (AvgIpc) is 2.71. The van der Waals surface area contributed by atoms with E-state index in [0.717, 1.165) is 17.8 Å². The van der Waals surface area contributed by atoms with E-state index >= 15 is 0 Å². The molecule has 1 aromatic heterocycles. The Morgan fingerprint density at radius 3 is 2.44 bits per heavy atom. The lowest BCUT2D eigenvalue weighted by Gasteiger charge is -2.02. The van der Waals surface area contributed by atoms with Crippen LogP contribution in [0.15, 0.2) is 24.3 Å². The molecule has 0 aliphatic carbocycles. The zero-order chi connectivity index (χ0) is 11.5. The summed E-state index contributed by atoms with van der Waals surface area (Å²) in [6, 6.07) is 8.48. The number of aryl methyl sites for hydroxylation is 2. The summed E-state index contributed by atoms with van der Waals surface area (Å²) in [5, 5.41) is 4.34. The van der Waals surface area contributed by atoms with Gasteiger partial charge in [-0.05, 0) is 31.0 Å². The molecule has 0 aliphatic heterocycles. The van der Waals surface area contributed by atoms with Crippen LogP contribution in [-0.2, 0) is 6.42 Å². The van der Waals surface area contributed by atoms with Gasteiger partial charge in [0.25, 0.3) is 0 Å². The van der Waals surface area contributed by atoms with Crippen molar-refractivity contribution < 1.29 is 0 Å². The monoisotopic (exact) mass is 232 g/mol. The molecule has 0 amide bonds. The number of anilines is 1. The third-order valence-electron chi connectivity index (χ3n) is 2.58. The fourth-order valence-electron chi connectivity index (χ4n) is 1.66. The van der Waals surface area contributed by atoms with Crippen molar-refractivity contribution in [3.63, 3.8) is 0 Å². The molecular formula is C13H16N2S. The molecule has 2 rings (SSSR count). The normalized spacial score (nSPS) is 10.4. The minimum absolute atomic E-state index is 1.01. The highest BCUT2D eigenvalue weighted by molar-refractivity contribution is 7.15. The minimum atomic E-state index is 1.01. The molecular weight excluding hydrogens is 216 g/mol. The highest BCUT2D eigenvalue weighted by Crippen LogP contribution is 2.30. The summed E-state index contributed by atoms with van der Waals surface area (Å²) >= 11 is 1.79. The van der Waals surface area contributed by atoms with E-state index in [9.17, 15) is 0 Å². The summed E-state index contributed by atoms with van der Waals surface area (Å²) in [4.78, 5) is 5.84. The van der Waals surface area contributed by atoms with E-state index in [-0.39, 0.29) is 0 Å². The number of benzene rings is 1. The van der Waals surface area contributed by atoms with Gasteiger partial charge in [-0.1, -0.05) is 19.1 Å². The number of thiazole rings is 1. The third kappa shape index (κ3) is 2.09. The van der Waals surface area contributed by atoms with Gasteiger partial charge < -0.3 is 5.32 Å². The Bertz CT molecular complexity index is 471. The van der Waals surface area contributed by atoms with Crippen molar-refractivity contribution in [1.82, 2.24) is 4.98 Å². The van der Waals surface area contributed by atoms with Gasteiger partial charge in [0.2, 0.25) is 0 Å². The number of rotatable bonds is 3. The topological polar surface area (TPSA) is 24.9 Å². The number of nitrogens with zero attached hydrogens (tertiary/aromatic N) is 1. The lowest BCUT2D eigenvalue weighted by molar-refractivity contribution is 1.07. The van der Waals surface area contributed by atoms with Crippen LogP contribution in [0.1, 0.15) is 17.6 Å². The molecule has 0 fully saturated rings. The first-order valence-corrected chi connectivity index (χ1v) is 6.30. The first-order valence-electron chi connectivity index (χ1n) is 5.49. The van der Waals surface area contributed by atoms with Crippen molar-refractivity contribution in [3.05, 3.63) is 35.0 Å². The van der Waals surface area contributed by atoms with Crippen LogP contribution in [0, 0.1) is 6.92 Å². The Labute approximate surface area is 100 Å². The average molecular weight is 232 g/mol. The van der Waals surface area contributed by atoms with Gasteiger partial charge in [-0.25, -0.2) is 4.98 Å². The van der Waals surface area contributed by atoms with Crippen molar-refractivity contribution in [2.45, 2.75) is 20.3 Å². The molecule has 0 atom stereocenters. The highest BCUT2D eigenvalue weighted by Gasteiger charge is 2.08. The molecule has 2 aromatic rings. The molecule has 0 aliphatic rings. The van der Waals surface area contributed by atoms with Gasteiger partial charge in [-0.15, -0.1) is 11.3 Å². The molecule has 0 spiro atoms. The molecule has 1 heterocycles. The quantitative estimate of drug-likeness (QED) is 0.872. The SMILES string of the molecule is CCc1nc(C)c(-c2ccc(NC)cc2)s1. The molecule has 16 heavy (non-hydrogen) atoms. The molecule has 0 bridgehead atoms. The number of aromatic nitrogens is 1. The second-order valence-corrected chi connectivity index (χ2v) is 4.79. The van der Waals surface area contributed by atoms with E-state index in [2.05, 4.69) is 48.4 Å². The zero-order valence-electron chi connectivity index (χ0n) is 9.87. The Hall–Kier alpha value is -1.35. The highest BCUT2D eigenvalue weighted by atomic mass is 32.1. The predicted molar refractivity (Wildman–Crippen MR) is 71.2 cm³/mol. The van der Waals surface area contributed by atoms with Gasteiger partial charge in [0.05, 0.1) is 15.6 Å². The molecule has 3 heteroatoms. The molecule has 84 valence electrons. The van der Waals surface area contributed by atoms with Gasteiger partial charge in [0.1, 0.15) is 0 Å². The van der Waals surface area contributed by atoms with Gasteiger partial charge >= 0.3 is 0 Å². The number of nitrogens with one attached hydrogen (secondary N) is 1. The standard InChI is InChI=1S/C13H16N2S/c1-4-12-15-9(2)13(16-12)10-5-7-11(14-3)8-6-10/h5-8,14H,4H2,1-3H3. The Morgan fingerprint density at radius 1 is 1.25 bits per heavy atom. The van der Waals surface area contributed by atoms with Crippen LogP contribution in [0.5, 0.6) is 0 Å². The van der Waals surface area contributed by atoms with Crippen LogP contribution in [0.25, 0.3) is 10.4 Å². The maximum Gasteiger partial charge on any atom is 0.0931 e. The van der Waals surface area contributed by atoms with Crippen LogP contribution < -0.4 is 5.32 Å². The lowest BCUT2D eigenvalue weighted by atomic mass is 10.1. The largest absolute Gasteiger partial charge is 0.388 e. The van der Waals surface area contributed by atoms with Crippen molar-refractivity contribution in [2.24, 2.45) is 0 Å². The first-order chi connectivity index (χ1) is 7.74. The van der Waals surface area contributed by atoms with Gasteiger partial charge in [-0.3, -0.25) is 0 Å². The van der Waals surface area contributed by atoms with Crippen molar-refractivity contribution in [1.29, 1.82) is 0 Å². The van der Waals surface area contributed by atoms with E-state index in [1.165, 1.54) is 15.4 Å². The summed E-state index contributed by atoms with van der Waals surface area (Å²) in [7, 11) is 1.93. The zero-order valence-corrected chi connectivity index (χ0v) is 10.7. The van der Waals surface area contributed by atoms with Crippen LogP contribution >= 0.6 is 11.3 Å². The summed E-state index contributed by atoms with van der Waals surface area (Å²) in [5.41, 5.74) is 3.54. The van der Waals surface area contributed by atoms with Crippen molar-refractivity contribution in [3.8, 4) is 10.4 Å². The van der Waals surface area contributed by atoms with Gasteiger partial charge in [-0.2, -0.15) is 0 Å². The summed E-state index contributed by atoms with van der Waals surface area (Å²) < 4.78 is 0. The summed E-state index contributed by atoms with van der Waals surface area (Å²) in [6.45, 7) is 4.23. The predicted octanol–water partition coefficient (Wildman–Crippen LogP) is 3.72. The fourth-order valence-corrected chi connectivity index (χ4v) is 2.67. The van der Waals surface area contributed by atoms with Crippen LogP contribution in [0.4, 0.5) is 5.69 Å². The van der Waals surface area contributed by atoms with Crippen molar-refractivity contribution in [2.75, 3.05) is 12.4 Å². The molecule has 0 saturated carbocycles. The Balaban J connectivity index is 2.38. The van der Waals surface area contributed by atoms with E-state index in [1.54, 1.807) is 11.3 Å². The number of hydrogen-bond acceptors (Lipinski definition) is 3. The van der Waals surface area contributed by atoms with E-state index in [1.807, 2.05) is 7.05 Å². The minimum Gasteiger partial charge on any atom is -0.388 e. The van der Waals surface area contributed by atoms with E-state index < -0.39 is 0 Å². The molecule has 0 unspecified atom stereocenters. The maximum absolute atomic E-state index is 4.55. The van der Waals surface area contributed by atoms with E-state index in [4.69, 9.17) is 0 Å². The van der Waals surface area contributed by atoms with Crippen LogP contribution in [-0.4, -0.2) is 12.0 Å².